The third kappa shape index (κ3) is 5.92. The maximum atomic E-state index is 6.77. The Labute approximate surface area is 350 Å². The van der Waals surface area contributed by atoms with E-state index in [0.29, 0.717) is 17.5 Å². The van der Waals surface area contributed by atoms with Gasteiger partial charge in [-0.05, 0) is 64.4 Å². The molecule has 0 spiro atoms. The van der Waals surface area contributed by atoms with E-state index < -0.39 is 0 Å². The molecular formula is C55H34N4O2. The molecule has 9 aromatic carbocycles. The second-order valence-electron chi connectivity index (χ2n) is 15.2. The van der Waals surface area contributed by atoms with Crippen LogP contribution in [-0.2, 0) is 0 Å². The molecule has 6 nitrogen and oxygen atoms in total. The third-order valence-corrected chi connectivity index (χ3v) is 11.5. The number of furan rings is 2. The lowest BCUT2D eigenvalue weighted by atomic mass is 10.0. The van der Waals surface area contributed by atoms with Crippen molar-refractivity contribution in [1.82, 2.24) is 15.0 Å². The first-order chi connectivity index (χ1) is 30.2. The van der Waals surface area contributed by atoms with E-state index in [1.807, 2.05) is 72.8 Å². The van der Waals surface area contributed by atoms with Gasteiger partial charge in [0.2, 0.25) is 0 Å². The molecule has 61 heavy (non-hydrogen) atoms. The van der Waals surface area contributed by atoms with E-state index in [9.17, 15) is 0 Å². The molecule has 0 fully saturated rings. The smallest absolute Gasteiger partial charge is 0.164 e. The molecule has 0 radical (unpaired) electrons. The van der Waals surface area contributed by atoms with Crippen LogP contribution >= 0.6 is 0 Å². The third-order valence-electron chi connectivity index (χ3n) is 11.5. The lowest BCUT2D eigenvalue weighted by Crippen LogP contribution is -2.11. The molecule has 0 N–H and O–H groups in total. The Hall–Kier alpha value is -8.35. The molecule has 0 amide bonds. The molecule has 3 heterocycles. The topological polar surface area (TPSA) is 68.2 Å². The SMILES string of the molecule is c1ccc(-c2ccc(N(c3cc(-c4nc(-c5ccccc5)nc(-c5cccc6ccccc56)n4)c4c(c3)oc3ccccc34)c3cccc4oc5ccccc5c34)cc2)cc1. The molecule has 0 aliphatic heterocycles. The molecule has 0 saturated carbocycles. The lowest BCUT2D eigenvalue weighted by molar-refractivity contribution is 0.669. The first kappa shape index (κ1) is 34.7. The molecule has 0 unspecified atom stereocenters. The largest absolute Gasteiger partial charge is 0.456 e. The number of fused-ring (bicyclic) bond motifs is 7. The average Bonchev–Trinajstić information content (AvgIpc) is 3.91. The lowest BCUT2D eigenvalue weighted by Gasteiger charge is -2.27. The number of hydrogen-bond donors (Lipinski definition) is 0. The molecule has 0 saturated heterocycles. The van der Waals surface area contributed by atoms with E-state index in [1.165, 1.54) is 0 Å². The zero-order valence-corrected chi connectivity index (χ0v) is 32.7. The summed E-state index contributed by atoms with van der Waals surface area (Å²) in [6.07, 6.45) is 0. The van der Waals surface area contributed by atoms with Gasteiger partial charge >= 0.3 is 0 Å². The van der Waals surface area contributed by atoms with Crippen LogP contribution in [-0.4, -0.2) is 15.0 Å². The Morgan fingerprint density at radius 1 is 0.328 bits per heavy atom. The highest BCUT2D eigenvalue weighted by Gasteiger charge is 2.25. The predicted molar refractivity (Wildman–Crippen MR) is 248 cm³/mol. The van der Waals surface area contributed by atoms with Crippen LogP contribution in [0, 0.1) is 0 Å². The van der Waals surface area contributed by atoms with Gasteiger partial charge in [0.1, 0.15) is 22.3 Å². The van der Waals surface area contributed by atoms with Crippen molar-refractivity contribution in [3.63, 3.8) is 0 Å². The van der Waals surface area contributed by atoms with Gasteiger partial charge in [0, 0.05) is 44.6 Å². The minimum absolute atomic E-state index is 0.543. The van der Waals surface area contributed by atoms with Gasteiger partial charge in [0.15, 0.2) is 17.5 Å². The summed E-state index contributed by atoms with van der Waals surface area (Å²) in [5.74, 6) is 1.72. The van der Waals surface area contributed by atoms with E-state index in [2.05, 4.69) is 138 Å². The Balaban J connectivity index is 1.15. The molecule has 12 aromatic rings. The van der Waals surface area contributed by atoms with E-state index in [4.69, 9.17) is 23.8 Å². The molecule has 6 heteroatoms. The summed E-state index contributed by atoms with van der Waals surface area (Å²) in [5, 5.41) is 6.14. The second kappa shape index (κ2) is 14.2. The fraction of sp³-hybridized carbons (Fsp3) is 0. The van der Waals surface area contributed by atoms with Crippen molar-refractivity contribution in [3.8, 4) is 45.3 Å². The van der Waals surface area contributed by atoms with Crippen molar-refractivity contribution in [2.24, 2.45) is 0 Å². The fourth-order valence-electron chi connectivity index (χ4n) is 8.70. The summed E-state index contributed by atoms with van der Waals surface area (Å²) in [5.41, 5.74) is 10.9. The van der Waals surface area contributed by atoms with Gasteiger partial charge in [-0.1, -0.05) is 158 Å². The average molecular weight is 783 g/mol. The van der Waals surface area contributed by atoms with E-state index >= 15 is 0 Å². The first-order valence-corrected chi connectivity index (χ1v) is 20.3. The molecule has 0 atom stereocenters. The number of para-hydroxylation sites is 2. The summed E-state index contributed by atoms with van der Waals surface area (Å²) in [4.78, 5) is 18.1. The van der Waals surface area contributed by atoms with Crippen LogP contribution in [0.25, 0.3) is 99.9 Å². The molecule has 12 rings (SSSR count). The van der Waals surface area contributed by atoms with Crippen LogP contribution in [0.5, 0.6) is 0 Å². The zero-order valence-electron chi connectivity index (χ0n) is 32.7. The molecular weight excluding hydrogens is 749 g/mol. The molecule has 0 bridgehead atoms. The van der Waals surface area contributed by atoms with E-state index in [0.717, 1.165) is 99.5 Å². The van der Waals surface area contributed by atoms with Gasteiger partial charge in [-0.2, -0.15) is 0 Å². The number of hydrogen-bond acceptors (Lipinski definition) is 6. The molecule has 0 aliphatic carbocycles. The van der Waals surface area contributed by atoms with Crippen LogP contribution in [0.15, 0.2) is 215 Å². The highest BCUT2D eigenvalue weighted by atomic mass is 16.3. The maximum Gasteiger partial charge on any atom is 0.164 e. The fourth-order valence-corrected chi connectivity index (χ4v) is 8.70. The minimum Gasteiger partial charge on any atom is -0.456 e. The van der Waals surface area contributed by atoms with Gasteiger partial charge in [-0.15, -0.1) is 0 Å². The minimum atomic E-state index is 0.543. The van der Waals surface area contributed by atoms with Crippen LogP contribution in [0.4, 0.5) is 17.1 Å². The second-order valence-corrected chi connectivity index (χ2v) is 15.2. The highest BCUT2D eigenvalue weighted by Crippen LogP contribution is 2.47. The number of aromatic nitrogens is 3. The standard InChI is InChI=1S/C55H34N4O2/c1-3-15-35(16-4-1)36-29-31-39(32-30-36)59(46-25-14-28-49-52(46)44-23-10-12-27-48(44)60-49)40-33-45(51-43-22-9-11-26-47(43)61-50(51)34-40)55-57-53(38-18-5-2-6-19-38)56-54(58-55)42-24-13-20-37-17-7-8-21-41(37)42/h1-34H. The summed E-state index contributed by atoms with van der Waals surface area (Å²) in [6.45, 7) is 0. The van der Waals surface area contributed by atoms with E-state index in [1.54, 1.807) is 0 Å². The summed E-state index contributed by atoms with van der Waals surface area (Å²) in [6, 6.07) is 70.9. The Kier molecular flexibility index (Phi) is 8.06. The van der Waals surface area contributed by atoms with Crippen LogP contribution in [0.1, 0.15) is 0 Å². The molecule has 286 valence electrons. The van der Waals surface area contributed by atoms with Crippen LogP contribution in [0.3, 0.4) is 0 Å². The number of benzene rings is 9. The quantitative estimate of drug-likeness (QED) is 0.160. The zero-order chi connectivity index (χ0) is 40.3. The van der Waals surface area contributed by atoms with Crippen LogP contribution in [0.2, 0.25) is 0 Å². The monoisotopic (exact) mass is 782 g/mol. The van der Waals surface area contributed by atoms with Crippen molar-refractivity contribution in [2.75, 3.05) is 4.90 Å². The van der Waals surface area contributed by atoms with Gasteiger partial charge < -0.3 is 13.7 Å². The summed E-state index contributed by atoms with van der Waals surface area (Å²) >= 11 is 0. The Bertz CT molecular complexity index is 3590. The first-order valence-electron chi connectivity index (χ1n) is 20.3. The number of anilines is 3. The maximum absolute atomic E-state index is 6.77. The van der Waals surface area contributed by atoms with E-state index in [-0.39, 0.29) is 0 Å². The van der Waals surface area contributed by atoms with Gasteiger partial charge in [0.05, 0.1) is 16.8 Å². The number of nitrogens with zero attached hydrogens (tertiary/aromatic N) is 4. The predicted octanol–water partition coefficient (Wildman–Crippen LogP) is 15.0. The van der Waals surface area contributed by atoms with Crippen LogP contribution < -0.4 is 4.90 Å². The van der Waals surface area contributed by atoms with Gasteiger partial charge in [-0.3, -0.25) is 0 Å². The van der Waals surface area contributed by atoms with Gasteiger partial charge in [0.25, 0.3) is 0 Å². The van der Waals surface area contributed by atoms with Crippen molar-refractivity contribution < 1.29 is 8.83 Å². The molecule has 3 aromatic heterocycles. The Morgan fingerprint density at radius 2 is 0.869 bits per heavy atom. The normalized spacial score (nSPS) is 11.6. The number of rotatable bonds is 7. The highest BCUT2D eigenvalue weighted by molar-refractivity contribution is 6.16. The summed E-state index contributed by atoms with van der Waals surface area (Å²) < 4.78 is 13.2. The van der Waals surface area contributed by atoms with Crippen molar-refractivity contribution in [3.05, 3.63) is 206 Å². The van der Waals surface area contributed by atoms with Gasteiger partial charge in [-0.25, -0.2) is 15.0 Å². The van der Waals surface area contributed by atoms with Crippen molar-refractivity contribution >= 4 is 71.7 Å². The van der Waals surface area contributed by atoms with Crippen molar-refractivity contribution in [2.45, 2.75) is 0 Å². The Morgan fingerprint density at radius 3 is 1.62 bits per heavy atom. The summed E-state index contributed by atoms with van der Waals surface area (Å²) in [7, 11) is 0. The molecule has 0 aliphatic rings. The van der Waals surface area contributed by atoms with Crippen molar-refractivity contribution in [1.29, 1.82) is 0 Å².